The summed E-state index contributed by atoms with van der Waals surface area (Å²) in [4.78, 5) is 11.6. The van der Waals surface area contributed by atoms with Crippen molar-refractivity contribution in [2.45, 2.75) is 52.1 Å². The summed E-state index contributed by atoms with van der Waals surface area (Å²) in [7, 11) is 0. The molecule has 0 spiro atoms. The summed E-state index contributed by atoms with van der Waals surface area (Å²) >= 11 is 0. The van der Waals surface area contributed by atoms with Crippen LogP contribution in [-0.2, 0) is 9.53 Å². The van der Waals surface area contributed by atoms with Crippen molar-refractivity contribution < 1.29 is 9.53 Å². The Kier molecular flexibility index (Phi) is 6.38. The molecule has 94 valence electrons. The van der Waals surface area contributed by atoms with Gasteiger partial charge in [0.1, 0.15) is 6.10 Å². The SMILES string of the molecule is CCCCC(=O)OC(CCC)c1ccccc1. The van der Waals surface area contributed by atoms with E-state index >= 15 is 0 Å². The van der Waals surface area contributed by atoms with Gasteiger partial charge in [0.2, 0.25) is 0 Å². The Balaban J connectivity index is 2.57. The zero-order chi connectivity index (χ0) is 12.5. The van der Waals surface area contributed by atoms with E-state index in [1.165, 1.54) is 0 Å². The minimum Gasteiger partial charge on any atom is -0.457 e. The minimum atomic E-state index is -0.0782. The molecule has 17 heavy (non-hydrogen) atoms. The predicted molar refractivity (Wildman–Crippen MR) is 69.7 cm³/mol. The van der Waals surface area contributed by atoms with Gasteiger partial charge >= 0.3 is 5.97 Å². The van der Waals surface area contributed by atoms with Gasteiger partial charge in [0.05, 0.1) is 0 Å². The normalized spacial score (nSPS) is 12.1. The highest BCUT2D eigenvalue weighted by molar-refractivity contribution is 5.69. The zero-order valence-electron chi connectivity index (χ0n) is 10.8. The largest absolute Gasteiger partial charge is 0.457 e. The Morgan fingerprint density at radius 2 is 1.88 bits per heavy atom. The van der Waals surface area contributed by atoms with E-state index in [1.54, 1.807) is 0 Å². The van der Waals surface area contributed by atoms with Crippen LogP contribution in [-0.4, -0.2) is 5.97 Å². The molecule has 2 nitrogen and oxygen atoms in total. The fraction of sp³-hybridized carbons (Fsp3) is 0.533. The Morgan fingerprint density at radius 1 is 1.18 bits per heavy atom. The third kappa shape index (κ3) is 5.03. The second kappa shape index (κ2) is 7.88. The van der Waals surface area contributed by atoms with Gasteiger partial charge in [0.15, 0.2) is 0 Å². The van der Waals surface area contributed by atoms with E-state index in [9.17, 15) is 4.79 Å². The molecule has 1 aromatic carbocycles. The third-order valence-corrected chi connectivity index (χ3v) is 2.73. The number of ether oxygens (including phenoxy) is 1. The van der Waals surface area contributed by atoms with Crippen LogP contribution in [0.15, 0.2) is 30.3 Å². The van der Waals surface area contributed by atoms with Crippen LogP contribution < -0.4 is 0 Å². The fourth-order valence-corrected chi connectivity index (χ4v) is 1.76. The molecule has 0 aliphatic carbocycles. The molecule has 0 radical (unpaired) electrons. The topological polar surface area (TPSA) is 26.3 Å². The highest BCUT2D eigenvalue weighted by Gasteiger charge is 2.14. The maximum absolute atomic E-state index is 11.6. The zero-order valence-corrected chi connectivity index (χ0v) is 10.8. The monoisotopic (exact) mass is 234 g/mol. The van der Waals surface area contributed by atoms with Gasteiger partial charge in [-0.1, -0.05) is 57.0 Å². The van der Waals surface area contributed by atoms with Crippen LogP contribution in [0.2, 0.25) is 0 Å². The molecule has 0 heterocycles. The number of hydrogen-bond acceptors (Lipinski definition) is 2. The summed E-state index contributed by atoms with van der Waals surface area (Å²) < 4.78 is 5.54. The van der Waals surface area contributed by atoms with Crippen LogP contribution in [0.4, 0.5) is 0 Å². The molecule has 0 bridgehead atoms. The van der Waals surface area contributed by atoms with Crippen molar-refractivity contribution in [3.8, 4) is 0 Å². The van der Waals surface area contributed by atoms with E-state index in [1.807, 2.05) is 30.3 Å². The summed E-state index contributed by atoms with van der Waals surface area (Å²) in [6, 6.07) is 9.99. The maximum atomic E-state index is 11.6. The quantitative estimate of drug-likeness (QED) is 0.659. The van der Waals surface area contributed by atoms with Gasteiger partial charge in [-0.05, 0) is 18.4 Å². The van der Waals surface area contributed by atoms with Crippen molar-refractivity contribution in [3.05, 3.63) is 35.9 Å². The van der Waals surface area contributed by atoms with Crippen LogP contribution in [0.1, 0.15) is 57.6 Å². The second-order valence-corrected chi connectivity index (χ2v) is 4.28. The molecule has 0 aromatic heterocycles. The molecular formula is C15H22O2. The maximum Gasteiger partial charge on any atom is 0.306 e. The van der Waals surface area contributed by atoms with Gasteiger partial charge < -0.3 is 4.74 Å². The molecular weight excluding hydrogens is 212 g/mol. The van der Waals surface area contributed by atoms with Gasteiger partial charge in [0.25, 0.3) is 0 Å². The highest BCUT2D eigenvalue weighted by atomic mass is 16.5. The summed E-state index contributed by atoms with van der Waals surface area (Å²) in [6.45, 7) is 4.18. The van der Waals surface area contributed by atoms with Crippen molar-refractivity contribution >= 4 is 5.97 Å². The molecule has 0 amide bonds. The van der Waals surface area contributed by atoms with Crippen LogP contribution in [0, 0.1) is 0 Å². The lowest BCUT2D eigenvalue weighted by molar-refractivity contribution is -0.150. The summed E-state index contributed by atoms with van der Waals surface area (Å²) in [6.07, 6.45) is 4.29. The Hall–Kier alpha value is -1.31. The van der Waals surface area contributed by atoms with Crippen LogP contribution in [0.3, 0.4) is 0 Å². The second-order valence-electron chi connectivity index (χ2n) is 4.28. The lowest BCUT2D eigenvalue weighted by atomic mass is 10.1. The first-order chi connectivity index (χ1) is 8.27. The van der Waals surface area contributed by atoms with E-state index in [0.29, 0.717) is 6.42 Å². The van der Waals surface area contributed by atoms with Crippen molar-refractivity contribution in [1.82, 2.24) is 0 Å². The van der Waals surface area contributed by atoms with E-state index < -0.39 is 0 Å². The Labute approximate surface area is 104 Å². The van der Waals surface area contributed by atoms with E-state index in [2.05, 4.69) is 13.8 Å². The average molecular weight is 234 g/mol. The molecule has 0 aliphatic heterocycles. The lowest BCUT2D eigenvalue weighted by Gasteiger charge is -2.17. The molecule has 1 rings (SSSR count). The van der Waals surface area contributed by atoms with Gasteiger partial charge in [-0.3, -0.25) is 4.79 Å². The standard InChI is InChI=1S/C15H22O2/c1-3-5-12-15(16)17-14(9-4-2)13-10-7-6-8-11-13/h6-8,10-11,14H,3-5,9,12H2,1-2H3. The third-order valence-electron chi connectivity index (χ3n) is 2.73. The number of esters is 1. The van der Waals surface area contributed by atoms with Gasteiger partial charge in [0, 0.05) is 6.42 Å². The predicted octanol–water partition coefficient (Wildman–Crippen LogP) is 4.26. The van der Waals surface area contributed by atoms with Crippen LogP contribution >= 0.6 is 0 Å². The molecule has 1 unspecified atom stereocenters. The number of benzene rings is 1. The summed E-state index contributed by atoms with van der Waals surface area (Å²) in [5, 5.41) is 0. The molecule has 2 heteroatoms. The average Bonchev–Trinajstić information content (AvgIpc) is 2.37. The molecule has 0 N–H and O–H groups in total. The van der Waals surface area contributed by atoms with Crippen molar-refractivity contribution in [1.29, 1.82) is 0 Å². The number of carbonyl (C=O) groups is 1. The van der Waals surface area contributed by atoms with Crippen LogP contribution in [0.25, 0.3) is 0 Å². The first-order valence-electron chi connectivity index (χ1n) is 6.52. The minimum absolute atomic E-state index is 0.0749. The highest BCUT2D eigenvalue weighted by Crippen LogP contribution is 2.23. The summed E-state index contributed by atoms with van der Waals surface area (Å²) in [5.41, 5.74) is 1.10. The molecule has 0 saturated carbocycles. The molecule has 0 aliphatic rings. The van der Waals surface area contributed by atoms with E-state index in [4.69, 9.17) is 4.74 Å². The Bertz CT molecular complexity index is 319. The molecule has 0 fully saturated rings. The van der Waals surface area contributed by atoms with Gasteiger partial charge in [-0.2, -0.15) is 0 Å². The molecule has 1 aromatic rings. The van der Waals surface area contributed by atoms with Crippen LogP contribution in [0.5, 0.6) is 0 Å². The fourth-order valence-electron chi connectivity index (χ4n) is 1.76. The number of carbonyl (C=O) groups excluding carboxylic acids is 1. The van der Waals surface area contributed by atoms with Gasteiger partial charge in [-0.15, -0.1) is 0 Å². The lowest BCUT2D eigenvalue weighted by Crippen LogP contribution is -2.11. The number of unbranched alkanes of at least 4 members (excludes halogenated alkanes) is 1. The first-order valence-corrected chi connectivity index (χ1v) is 6.52. The smallest absolute Gasteiger partial charge is 0.306 e. The molecule has 0 saturated heterocycles. The molecule has 1 atom stereocenters. The van der Waals surface area contributed by atoms with E-state index in [-0.39, 0.29) is 12.1 Å². The first kappa shape index (κ1) is 13.8. The summed E-state index contributed by atoms with van der Waals surface area (Å²) in [5.74, 6) is -0.0749. The number of rotatable bonds is 7. The van der Waals surface area contributed by atoms with Crippen molar-refractivity contribution in [2.75, 3.05) is 0 Å². The van der Waals surface area contributed by atoms with Crippen molar-refractivity contribution in [3.63, 3.8) is 0 Å². The Morgan fingerprint density at radius 3 is 2.47 bits per heavy atom. The number of hydrogen-bond donors (Lipinski definition) is 0. The van der Waals surface area contributed by atoms with Gasteiger partial charge in [-0.25, -0.2) is 0 Å². The van der Waals surface area contributed by atoms with E-state index in [0.717, 1.165) is 31.2 Å². The van der Waals surface area contributed by atoms with Crippen molar-refractivity contribution in [2.24, 2.45) is 0 Å².